The highest BCUT2D eigenvalue weighted by atomic mass is 79.9. The van der Waals surface area contributed by atoms with Crippen molar-refractivity contribution in [3.63, 3.8) is 0 Å². The van der Waals surface area contributed by atoms with E-state index in [4.69, 9.17) is 9.47 Å². The predicted octanol–water partition coefficient (Wildman–Crippen LogP) is 5.77. The topological polar surface area (TPSA) is 67.5 Å². The van der Waals surface area contributed by atoms with Crippen molar-refractivity contribution in [3.05, 3.63) is 46.7 Å². The highest BCUT2D eigenvalue weighted by Gasteiger charge is 2.19. The third-order valence-corrected chi connectivity index (χ3v) is 4.83. The summed E-state index contributed by atoms with van der Waals surface area (Å²) in [6.45, 7) is 6.30. The van der Waals surface area contributed by atoms with E-state index in [1.54, 1.807) is 19.2 Å². The van der Waals surface area contributed by atoms with Gasteiger partial charge in [-0.3, -0.25) is 5.10 Å². The molecule has 3 rings (SSSR count). The maximum absolute atomic E-state index is 14.7. The van der Waals surface area contributed by atoms with Gasteiger partial charge in [-0.25, -0.2) is 9.18 Å². The first-order chi connectivity index (χ1) is 14.1. The van der Waals surface area contributed by atoms with E-state index in [2.05, 4.69) is 26.1 Å². The highest BCUT2D eigenvalue weighted by molar-refractivity contribution is 9.10. The van der Waals surface area contributed by atoms with Gasteiger partial charge in [-0.1, -0.05) is 15.9 Å². The van der Waals surface area contributed by atoms with Crippen molar-refractivity contribution in [1.82, 2.24) is 15.1 Å². The Bertz CT molecular complexity index is 1050. The SMILES string of the molecule is CN(CCCOc1ccc(-c2n[nH]c3ccc(Br)cc23)c(F)c1)C(=O)OC(C)(C)C. The summed E-state index contributed by atoms with van der Waals surface area (Å²) in [5, 5.41) is 8.01. The number of aromatic nitrogens is 2. The van der Waals surface area contributed by atoms with Crippen LogP contribution in [0.2, 0.25) is 0 Å². The van der Waals surface area contributed by atoms with Crippen molar-refractivity contribution in [1.29, 1.82) is 0 Å². The molecule has 0 aliphatic rings. The summed E-state index contributed by atoms with van der Waals surface area (Å²) in [5.41, 5.74) is 1.25. The molecule has 6 nitrogen and oxygen atoms in total. The second-order valence-corrected chi connectivity index (χ2v) is 8.92. The molecule has 1 N–H and O–H groups in total. The van der Waals surface area contributed by atoms with E-state index < -0.39 is 11.4 Å². The van der Waals surface area contributed by atoms with Gasteiger partial charge in [-0.2, -0.15) is 5.10 Å². The number of ether oxygens (including phenoxy) is 2. The first-order valence-electron chi connectivity index (χ1n) is 9.64. The predicted molar refractivity (Wildman–Crippen MR) is 118 cm³/mol. The van der Waals surface area contributed by atoms with Crippen LogP contribution in [0.1, 0.15) is 27.2 Å². The Kier molecular flexibility index (Phi) is 6.65. The van der Waals surface area contributed by atoms with Gasteiger partial charge in [-0.05, 0) is 57.5 Å². The van der Waals surface area contributed by atoms with Crippen LogP contribution in [-0.2, 0) is 4.74 Å². The molecular formula is C22H25BrFN3O3. The van der Waals surface area contributed by atoms with Crippen LogP contribution >= 0.6 is 15.9 Å². The molecular weight excluding hydrogens is 453 g/mol. The minimum absolute atomic E-state index is 0.351. The molecule has 160 valence electrons. The Morgan fingerprint density at radius 1 is 1.23 bits per heavy atom. The Balaban J connectivity index is 1.58. The van der Waals surface area contributed by atoms with Gasteiger partial charge in [-0.15, -0.1) is 0 Å². The maximum Gasteiger partial charge on any atom is 0.410 e. The van der Waals surface area contributed by atoms with Crippen molar-refractivity contribution >= 4 is 32.9 Å². The fraction of sp³-hybridized carbons (Fsp3) is 0.364. The monoisotopic (exact) mass is 477 g/mol. The quantitative estimate of drug-likeness (QED) is 0.457. The van der Waals surface area contributed by atoms with Gasteiger partial charge >= 0.3 is 6.09 Å². The number of carbonyl (C=O) groups excluding carboxylic acids is 1. The molecule has 0 bridgehead atoms. The Hall–Kier alpha value is -2.61. The van der Waals surface area contributed by atoms with Gasteiger partial charge < -0.3 is 14.4 Å². The number of hydrogen-bond acceptors (Lipinski definition) is 4. The number of carbonyl (C=O) groups is 1. The summed E-state index contributed by atoms with van der Waals surface area (Å²) in [4.78, 5) is 13.4. The zero-order valence-electron chi connectivity index (χ0n) is 17.5. The largest absolute Gasteiger partial charge is 0.493 e. The van der Waals surface area contributed by atoms with Gasteiger partial charge in [0.05, 0.1) is 12.1 Å². The van der Waals surface area contributed by atoms with Crippen molar-refractivity contribution in [3.8, 4) is 17.0 Å². The van der Waals surface area contributed by atoms with Crippen LogP contribution in [0.3, 0.4) is 0 Å². The van der Waals surface area contributed by atoms with E-state index in [0.717, 1.165) is 15.4 Å². The first-order valence-corrected chi connectivity index (χ1v) is 10.4. The third kappa shape index (κ3) is 5.50. The van der Waals surface area contributed by atoms with Crippen LogP contribution < -0.4 is 4.74 Å². The summed E-state index contributed by atoms with van der Waals surface area (Å²) >= 11 is 3.43. The number of fused-ring (bicyclic) bond motifs is 1. The molecule has 0 saturated carbocycles. The minimum Gasteiger partial charge on any atom is -0.493 e. The lowest BCUT2D eigenvalue weighted by atomic mass is 10.1. The minimum atomic E-state index is -0.531. The third-order valence-electron chi connectivity index (χ3n) is 4.33. The number of nitrogens with one attached hydrogen (secondary N) is 1. The lowest BCUT2D eigenvalue weighted by Crippen LogP contribution is -2.35. The second kappa shape index (κ2) is 9.04. The summed E-state index contributed by atoms with van der Waals surface area (Å²) in [7, 11) is 1.68. The van der Waals surface area contributed by atoms with Gasteiger partial charge in [0.2, 0.25) is 0 Å². The Morgan fingerprint density at radius 3 is 2.70 bits per heavy atom. The second-order valence-electron chi connectivity index (χ2n) is 8.01. The number of hydrogen-bond donors (Lipinski definition) is 1. The van der Waals surface area contributed by atoms with E-state index in [9.17, 15) is 9.18 Å². The fourth-order valence-corrected chi connectivity index (χ4v) is 3.25. The molecule has 2 aromatic carbocycles. The number of benzene rings is 2. The summed E-state index contributed by atoms with van der Waals surface area (Å²) in [5.74, 6) is 0.0175. The maximum atomic E-state index is 14.7. The van der Waals surface area contributed by atoms with Gasteiger partial charge in [0.25, 0.3) is 0 Å². The number of amides is 1. The average Bonchev–Trinajstić information content (AvgIpc) is 3.06. The molecule has 3 aromatic rings. The standard InChI is InChI=1S/C22H25BrFN3O3/c1-22(2,3)30-21(28)27(4)10-5-11-29-15-7-8-16(18(24)13-15)20-17-12-14(23)6-9-19(17)25-26-20/h6-9,12-13H,5,10-11H2,1-4H3,(H,25,26). The summed E-state index contributed by atoms with van der Waals surface area (Å²) in [6, 6.07) is 10.4. The molecule has 0 aliphatic heterocycles. The molecule has 0 spiro atoms. The van der Waals surface area contributed by atoms with Crippen LogP contribution in [-0.4, -0.2) is 47.0 Å². The van der Waals surface area contributed by atoms with E-state index >= 15 is 0 Å². The van der Waals surface area contributed by atoms with E-state index in [1.807, 2.05) is 39.0 Å². The normalized spacial score (nSPS) is 11.5. The molecule has 0 fully saturated rings. The Morgan fingerprint density at radius 2 is 2.00 bits per heavy atom. The van der Waals surface area contributed by atoms with Gasteiger partial charge in [0.1, 0.15) is 22.9 Å². The molecule has 8 heteroatoms. The molecule has 1 amide bonds. The molecule has 1 aromatic heterocycles. The van der Waals surface area contributed by atoms with E-state index in [-0.39, 0.29) is 6.09 Å². The molecule has 1 heterocycles. The van der Waals surface area contributed by atoms with Crippen molar-refractivity contribution in [2.24, 2.45) is 0 Å². The number of aromatic amines is 1. The molecule has 30 heavy (non-hydrogen) atoms. The van der Waals surface area contributed by atoms with Gasteiger partial charge in [0.15, 0.2) is 0 Å². The van der Waals surface area contributed by atoms with Crippen LogP contribution in [0.15, 0.2) is 40.9 Å². The number of H-pyrrole nitrogens is 1. The number of nitrogens with zero attached hydrogens (tertiary/aromatic N) is 2. The summed E-state index contributed by atoms with van der Waals surface area (Å²) < 4.78 is 26.6. The van der Waals surface area contributed by atoms with Crippen LogP contribution in [0.5, 0.6) is 5.75 Å². The lowest BCUT2D eigenvalue weighted by Gasteiger charge is -2.24. The molecule has 0 saturated heterocycles. The van der Waals surface area contributed by atoms with E-state index in [1.165, 1.54) is 11.0 Å². The molecule has 0 atom stereocenters. The smallest absolute Gasteiger partial charge is 0.410 e. The van der Waals surface area contributed by atoms with Crippen LogP contribution in [0.4, 0.5) is 9.18 Å². The van der Waals surface area contributed by atoms with Crippen LogP contribution in [0, 0.1) is 5.82 Å². The highest BCUT2D eigenvalue weighted by Crippen LogP contribution is 2.31. The van der Waals surface area contributed by atoms with Crippen LogP contribution in [0.25, 0.3) is 22.2 Å². The first kappa shape index (κ1) is 22.1. The van der Waals surface area contributed by atoms with Gasteiger partial charge in [0, 0.05) is 35.1 Å². The van der Waals surface area contributed by atoms with Crippen molar-refractivity contribution < 1.29 is 18.7 Å². The number of halogens is 2. The fourth-order valence-electron chi connectivity index (χ4n) is 2.89. The lowest BCUT2D eigenvalue weighted by molar-refractivity contribution is 0.0292. The summed E-state index contributed by atoms with van der Waals surface area (Å²) in [6.07, 6.45) is 0.215. The zero-order valence-corrected chi connectivity index (χ0v) is 19.0. The molecule has 0 radical (unpaired) electrons. The zero-order chi connectivity index (χ0) is 21.9. The molecule has 0 unspecified atom stereocenters. The Labute approximate surface area is 183 Å². The number of rotatable bonds is 6. The van der Waals surface area contributed by atoms with Crippen molar-refractivity contribution in [2.45, 2.75) is 32.8 Å². The van der Waals surface area contributed by atoms with Crippen molar-refractivity contribution in [2.75, 3.05) is 20.2 Å². The average molecular weight is 478 g/mol. The van der Waals surface area contributed by atoms with E-state index in [0.29, 0.717) is 36.6 Å². The molecule has 0 aliphatic carbocycles.